The quantitative estimate of drug-likeness (QED) is 0.342. The molecule has 0 aliphatic carbocycles. The molecular formula is C16H34O6Si2. The van der Waals surface area contributed by atoms with Gasteiger partial charge in [0.25, 0.3) is 0 Å². The lowest BCUT2D eigenvalue weighted by Gasteiger charge is -2.46. The molecule has 0 atom stereocenters. The fourth-order valence-corrected chi connectivity index (χ4v) is 10.3. The first-order valence-corrected chi connectivity index (χ1v) is 12.2. The van der Waals surface area contributed by atoms with Crippen LogP contribution in [0.1, 0.15) is 48.5 Å². The van der Waals surface area contributed by atoms with Crippen molar-refractivity contribution in [3.63, 3.8) is 0 Å². The van der Waals surface area contributed by atoms with E-state index in [1.165, 1.54) is 0 Å². The molecule has 0 radical (unpaired) electrons. The van der Waals surface area contributed by atoms with E-state index in [1.807, 2.05) is 48.5 Å². The van der Waals surface area contributed by atoms with Gasteiger partial charge < -0.3 is 26.6 Å². The number of hydrogen-bond acceptors (Lipinski definition) is 6. The smallest absolute Gasteiger partial charge is 0.373 e. The van der Waals surface area contributed by atoms with Crippen molar-refractivity contribution in [1.82, 2.24) is 0 Å². The molecule has 0 rings (SSSR count). The molecule has 0 aromatic carbocycles. The molecule has 0 heterocycles. The van der Waals surface area contributed by atoms with Crippen LogP contribution in [-0.4, -0.2) is 57.3 Å². The van der Waals surface area contributed by atoms with Gasteiger partial charge in [-0.05, 0) is 48.5 Å². The standard InChI is InChI=1S/C16H34O6Si2/c1-9-16(8,23(17-10-2,18-11-3)19-12-4)24(20-13-5,21-14-6)22-15-7/h1H,10-15H2,2-8H3. The summed E-state index contributed by atoms with van der Waals surface area (Å²) in [7, 11) is -6.69. The minimum Gasteiger partial charge on any atom is -0.373 e. The molecule has 6 nitrogen and oxygen atoms in total. The summed E-state index contributed by atoms with van der Waals surface area (Å²) in [6, 6.07) is 0. The molecule has 0 aliphatic heterocycles. The van der Waals surface area contributed by atoms with Crippen molar-refractivity contribution < 1.29 is 26.6 Å². The molecule has 142 valence electrons. The van der Waals surface area contributed by atoms with E-state index in [-0.39, 0.29) is 0 Å². The van der Waals surface area contributed by atoms with Gasteiger partial charge in [0, 0.05) is 39.6 Å². The second-order valence-electron chi connectivity index (χ2n) is 4.98. The van der Waals surface area contributed by atoms with E-state index in [0.717, 1.165) is 0 Å². The van der Waals surface area contributed by atoms with Gasteiger partial charge in [-0.15, -0.1) is 6.42 Å². The Balaban J connectivity index is 6.37. The summed E-state index contributed by atoms with van der Waals surface area (Å²) in [6.45, 7) is 15.7. The van der Waals surface area contributed by atoms with Crippen LogP contribution in [0.2, 0.25) is 4.66 Å². The highest BCUT2D eigenvalue weighted by Gasteiger charge is 2.74. The molecule has 24 heavy (non-hydrogen) atoms. The second kappa shape index (κ2) is 11.4. The maximum atomic E-state index is 6.06. The number of terminal acetylenes is 1. The molecule has 0 aliphatic rings. The molecule has 0 N–H and O–H groups in total. The maximum absolute atomic E-state index is 6.06. The van der Waals surface area contributed by atoms with E-state index in [9.17, 15) is 0 Å². The lowest BCUT2D eigenvalue weighted by Crippen LogP contribution is -2.69. The minimum atomic E-state index is -3.35. The van der Waals surface area contributed by atoms with Crippen molar-refractivity contribution in [2.24, 2.45) is 0 Å². The van der Waals surface area contributed by atoms with Crippen molar-refractivity contribution in [2.45, 2.75) is 53.1 Å². The Morgan fingerprint density at radius 1 is 0.625 bits per heavy atom. The summed E-state index contributed by atoms with van der Waals surface area (Å²) >= 11 is 0. The number of hydrogen-bond donors (Lipinski definition) is 0. The third kappa shape index (κ3) is 4.68. The second-order valence-corrected chi connectivity index (χ2v) is 11.4. The van der Waals surface area contributed by atoms with Crippen LogP contribution < -0.4 is 0 Å². The van der Waals surface area contributed by atoms with E-state index < -0.39 is 22.3 Å². The SMILES string of the molecule is C#CC(C)([Si](OCC)(OCC)OCC)[Si](OCC)(OCC)OCC. The van der Waals surface area contributed by atoms with E-state index in [0.29, 0.717) is 39.6 Å². The zero-order chi connectivity index (χ0) is 18.7. The van der Waals surface area contributed by atoms with Crippen molar-refractivity contribution in [3.8, 4) is 12.3 Å². The van der Waals surface area contributed by atoms with E-state index in [4.69, 9.17) is 33.0 Å². The third-order valence-electron chi connectivity index (χ3n) is 3.52. The monoisotopic (exact) mass is 378 g/mol. The van der Waals surface area contributed by atoms with Crippen LogP contribution in [0.4, 0.5) is 0 Å². The third-order valence-corrected chi connectivity index (χ3v) is 12.1. The highest BCUT2D eigenvalue weighted by Crippen LogP contribution is 2.48. The Bertz CT molecular complexity index is 325. The molecule has 0 aromatic rings. The predicted octanol–water partition coefficient (Wildman–Crippen LogP) is 3.02. The fourth-order valence-electron chi connectivity index (χ4n) is 2.62. The Morgan fingerprint density at radius 3 is 0.958 bits per heavy atom. The molecule has 0 saturated heterocycles. The van der Waals surface area contributed by atoms with Gasteiger partial charge in [-0.2, -0.15) is 0 Å². The average molecular weight is 379 g/mol. The molecule has 8 heteroatoms. The normalized spacial score (nSPS) is 13.1. The summed E-state index contributed by atoms with van der Waals surface area (Å²) in [5.41, 5.74) is 0. The first-order chi connectivity index (χ1) is 11.4. The van der Waals surface area contributed by atoms with Gasteiger partial charge in [0.05, 0.1) is 0 Å². The molecule has 0 aromatic heterocycles. The average Bonchev–Trinajstić information content (AvgIpc) is 2.55. The molecule has 0 saturated carbocycles. The van der Waals surface area contributed by atoms with Crippen molar-refractivity contribution in [2.75, 3.05) is 39.6 Å². The van der Waals surface area contributed by atoms with Gasteiger partial charge in [-0.1, -0.05) is 5.92 Å². The summed E-state index contributed by atoms with van der Waals surface area (Å²) in [4.78, 5) is 0. The predicted molar refractivity (Wildman–Crippen MR) is 98.5 cm³/mol. The van der Waals surface area contributed by atoms with Crippen LogP contribution in [0, 0.1) is 12.3 Å². The summed E-state index contributed by atoms with van der Waals surface area (Å²) in [6.07, 6.45) is 6.00. The zero-order valence-electron chi connectivity index (χ0n) is 16.3. The molecule has 0 unspecified atom stereocenters. The van der Waals surface area contributed by atoms with Crippen LogP contribution in [0.3, 0.4) is 0 Å². The molecule has 0 fully saturated rings. The van der Waals surface area contributed by atoms with Crippen molar-refractivity contribution in [1.29, 1.82) is 0 Å². The highest BCUT2D eigenvalue weighted by atomic mass is 28.5. The van der Waals surface area contributed by atoms with Crippen molar-refractivity contribution in [3.05, 3.63) is 0 Å². The Morgan fingerprint density at radius 2 is 0.833 bits per heavy atom. The van der Waals surface area contributed by atoms with Crippen LogP contribution in [0.25, 0.3) is 0 Å². The van der Waals surface area contributed by atoms with Crippen LogP contribution in [0.15, 0.2) is 0 Å². The first kappa shape index (κ1) is 23.8. The Labute approximate surface area is 149 Å². The topological polar surface area (TPSA) is 55.4 Å². The van der Waals surface area contributed by atoms with Gasteiger partial charge in [0.1, 0.15) is 0 Å². The van der Waals surface area contributed by atoms with Gasteiger partial charge in [0.2, 0.25) is 0 Å². The number of rotatable bonds is 14. The van der Waals surface area contributed by atoms with Crippen LogP contribution in [0.5, 0.6) is 0 Å². The molecular weight excluding hydrogens is 344 g/mol. The van der Waals surface area contributed by atoms with Gasteiger partial charge in [-0.3, -0.25) is 0 Å². The highest BCUT2D eigenvalue weighted by molar-refractivity contribution is 6.86. The fraction of sp³-hybridized carbons (Fsp3) is 0.875. The minimum absolute atomic E-state index is 0.415. The summed E-state index contributed by atoms with van der Waals surface area (Å²) in [5.74, 6) is 2.84. The summed E-state index contributed by atoms with van der Waals surface area (Å²) in [5, 5.41) is 0. The Kier molecular flexibility index (Phi) is 11.3. The van der Waals surface area contributed by atoms with Crippen molar-refractivity contribution >= 4 is 17.6 Å². The molecule has 0 amide bonds. The molecule has 0 spiro atoms. The lowest BCUT2D eigenvalue weighted by molar-refractivity contribution is 0.0240. The van der Waals surface area contributed by atoms with Gasteiger partial charge in [0.15, 0.2) is 4.66 Å². The molecule has 0 bridgehead atoms. The lowest BCUT2D eigenvalue weighted by atomic mass is 10.5. The van der Waals surface area contributed by atoms with E-state index in [2.05, 4.69) is 5.92 Å². The van der Waals surface area contributed by atoms with Gasteiger partial charge in [-0.25, -0.2) is 0 Å². The maximum Gasteiger partial charge on any atom is 0.524 e. The van der Waals surface area contributed by atoms with Gasteiger partial charge >= 0.3 is 17.6 Å². The van der Waals surface area contributed by atoms with E-state index >= 15 is 0 Å². The largest absolute Gasteiger partial charge is 0.524 e. The Hall–Kier alpha value is -0.246. The zero-order valence-corrected chi connectivity index (χ0v) is 18.3. The summed E-state index contributed by atoms with van der Waals surface area (Å²) < 4.78 is 35.3. The van der Waals surface area contributed by atoms with Crippen LogP contribution >= 0.6 is 0 Å². The van der Waals surface area contributed by atoms with Crippen LogP contribution in [-0.2, 0) is 26.6 Å². The first-order valence-electron chi connectivity index (χ1n) is 8.74. The van der Waals surface area contributed by atoms with E-state index in [1.54, 1.807) is 0 Å².